The molecule has 1 heterocycles. The first-order valence-electron chi connectivity index (χ1n) is 5.89. The summed E-state index contributed by atoms with van der Waals surface area (Å²) < 4.78 is 5.57. The summed E-state index contributed by atoms with van der Waals surface area (Å²) in [5, 5.41) is 10.2. The molecular weight excluding hydrogens is 275 g/mol. The number of rotatable bonds is 3. The largest absolute Gasteiger partial charge is 0.481 e. The first-order chi connectivity index (χ1) is 8.59. The summed E-state index contributed by atoms with van der Waals surface area (Å²) in [6, 6.07) is 4.93. The predicted octanol–water partition coefficient (Wildman–Crippen LogP) is 3.73. The zero-order valence-corrected chi connectivity index (χ0v) is 11.2. The zero-order valence-electron chi connectivity index (χ0n) is 9.73. The first kappa shape index (κ1) is 13.7. The number of carbonyl (C=O) groups is 1. The summed E-state index contributed by atoms with van der Waals surface area (Å²) in [7, 11) is 0. The molecule has 0 amide bonds. The Bertz CT molecular complexity index is 442. The number of carboxylic acid groups (broad SMARTS) is 1. The average Bonchev–Trinajstić information content (AvgIpc) is 2.35. The molecular formula is C13H14Cl2O3. The maximum absolute atomic E-state index is 11.4. The number of aliphatic carboxylic acids is 1. The van der Waals surface area contributed by atoms with E-state index >= 15 is 0 Å². The van der Waals surface area contributed by atoms with Gasteiger partial charge >= 0.3 is 5.97 Å². The monoisotopic (exact) mass is 288 g/mol. The molecule has 18 heavy (non-hydrogen) atoms. The standard InChI is InChI=1S/C13H14Cl2O3/c14-9-5-4-8(7-10(9)15)12(13(16)17)11-3-1-2-6-18-11/h4-5,7,11-12H,1-3,6H2,(H,16,17)/t11-,12+/m0/s1. The third-order valence-corrected chi connectivity index (χ3v) is 3.89. The minimum atomic E-state index is -0.889. The van der Waals surface area contributed by atoms with Crippen LogP contribution in [0.15, 0.2) is 18.2 Å². The van der Waals surface area contributed by atoms with Crippen LogP contribution in [-0.4, -0.2) is 23.8 Å². The fourth-order valence-corrected chi connectivity index (χ4v) is 2.56. The summed E-state index contributed by atoms with van der Waals surface area (Å²) in [6.45, 7) is 0.621. The number of benzene rings is 1. The Morgan fingerprint density at radius 3 is 2.67 bits per heavy atom. The van der Waals surface area contributed by atoms with Crippen LogP contribution in [0.5, 0.6) is 0 Å². The van der Waals surface area contributed by atoms with E-state index in [1.54, 1.807) is 18.2 Å². The van der Waals surface area contributed by atoms with Gasteiger partial charge < -0.3 is 9.84 Å². The van der Waals surface area contributed by atoms with Gasteiger partial charge in [-0.3, -0.25) is 4.79 Å². The van der Waals surface area contributed by atoms with Crippen molar-refractivity contribution in [3.63, 3.8) is 0 Å². The lowest BCUT2D eigenvalue weighted by atomic mass is 9.89. The zero-order chi connectivity index (χ0) is 13.1. The third-order valence-electron chi connectivity index (χ3n) is 3.16. The van der Waals surface area contributed by atoms with Gasteiger partial charge in [0.2, 0.25) is 0 Å². The van der Waals surface area contributed by atoms with E-state index in [2.05, 4.69) is 0 Å². The van der Waals surface area contributed by atoms with Crippen molar-refractivity contribution in [2.75, 3.05) is 6.61 Å². The van der Waals surface area contributed by atoms with Gasteiger partial charge in [-0.1, -0.05) is 29.3 Å². The van der Waals surface area contributed by atoms with Crippen LogP contribution in [0.4, 0.5) is 0 Å². The van der Waals surface area contributed by atoms with Crippen LogP contribution in [0.2, 0.25) is 10.0 Å². The number of hydrogen-bond acceptors (Lipinski definition) is 2. The second kappa shape index (κ2) is 5.91. The third kappa shape index (κ3) is 2.97. The fourth-order valence-electron chi connectivity index (χ4n) is 2.25. The second-order valence-electron chi connectivity index (χ2n) is 4.39. The van der Waals surface area contributed by atoms with Gasteiger partial charge in [0.1, 0.15) is 5.92 Å². The number of halogens is 2. The quantitative estimate of drug-likeness (QED) is 0.922. The van der Waals surface area contributed by atoms with Gasteiger partial charge in [-0.15, -0.1) is 0 Å². The smallest absolute Gasteiger partial charge is 0.313 e. The van der Waals surface area contributed by atoms with Crippen molar-refractivity contribution in [1.29, 1.82) is 0 Å². The van der Waals surface area contributed by atoms with Crippen LogP contribution in [0.1, 0.15) is 30.7 Å². The van der Waals surface area contributed by atoms with E-state index in [1.165, 1.54) is 0 Å². The molecule has 1 aliphatic heterocycles. The molecule has 0 unspecified atom stereocenters. The van der Waals surface area contributed by atoms with Crippen molar-refractivity contribution in [1.82, 2.24) is 0 Å². The molecule has 0 radical (unpaired) electrons. The molecule has 1 N–H and O–H groups in total. The Balaban J connectivity index is 2.28. The lowest BCUT2D eigenvalue weighted by Gasteiger charge is -2.28. The van der Waals surface area contributed by atoms with E-state index in [-0.39, 0.29) is 6.10 Å². The van der Waals surface area contributed by atoms with E-state index in [0.717, 1.165) is 19.3 Å². The molecule has 0 saturated carbocycles. The van der Waals surface area contributed by atoms with Crippen molar-refractivity contribution in [3.8, 4) is 0 Å². The molecule has 2 atom stereocenters. The van der Waals surface area contributed by atoms with Crippen LogP contribution in [0.3, 0.4) is 0 Å². The summed E-state index contributed by atoms with van der Waals surface area (Å²) in [4.78, 5) is 11.4. The Morgan fingerprint density at radius 1 is 1.33 bits per heavy atom. The first-order valence-corrected chi connectivity index (χ1v) is 6.64. The predicted molar refractivity (Wildman–Crippen MR) is 70.4 cm³/mol. The van der Waals surface area contributed by atoms with E-state index in [4.69, 9.17) is 27.9 Å². The molecule has 1 aromatic carbocycles. The topological polar surface area (TPSA) is 46.5 Å². The average molecular weight is 289 g/mol. The minimum Gasteiger partial charge on any atom is -0.481 e. The van der Waals surface area contributed by atoms with Crippen molar-refractivity contribution in [2.45, 2.75) is 31.3 Å². The van der Waals surface area contributed by atoms with Gasteiger partial charge in [0, 0.05) is 6.61 Å². The van der Waals surface area contributed by atoms with Gasteiger partial charge in [-0.2, -0.15) is 0 Å². The molecule has 1 aliphatic rings. The Labute approximate surface area is 116 Å². The molecule has 5 heteroatoms. The maximum Gasteiger partial charge on any atom is 0.313 e. The highest BCUT2D eigenvalue weighted by atomic mass is 35.5. The van der Waals surface area contributed by atoms with Crippen molar-refractivity contribution in [2.24, 2.45) is 0 Å². The van der Waals surface area contributed by atoms with E-state index in [0.29, 0.717) is 22.2 Å². The summed E-state index contributed by atoms with van der Waals surface area (Å²) in [5.41, 5.74) is 0.642. The van der Waals surface area contributed by atoms with Crippen LogP contribution in [0.25, 0.3) is 0 Å². The lowest BCUT2D eigenvalue weighted by molar-refractivity contribution is -0.144. The Morgan fingerprint density at radius 2 is 2.11 bits per heavy atom. The highest BCUT2D eigenvalue weighted by Gasteiger charge is 2.32. The number of hydrogen-bond donors (Lipinski definition) is 1. The van der Waals surface area contributed by atoms with E-state index < -0.39 is 11.9 Å². The summed E-state index contributed by atoms with van der Waals surface area (Å²) in [6.07, 6.45) is 2.46. The van der Waals surface area contributed by atoms with E-state index in [1.807, 2.05) is 0 Å². The summed E-state index contributed by atoms with van der Waals surface area (Å²) in [5.74, 6) is -1.57. The number of carboxylic acids is 1. The number of ether oxygens (including phenoxy) is 1. The van der Waals surface area contributed by atoms with Gasteiger partial charge in [0.05, 0.1) is 16.1 Å². The Kier molecular flexibility index (Phi) is 4.49. The second-order valence-corrected chi connectivity index (χ2v) is 5.21. The minimum absolute atomic E-state index is 0.284. The van der Waals surface area contributed by atoms with Crippen LogP contribution < -0.4 is 0 Å². The lowest BCUT2D eigenvalue weighted by Crippen LogP contribution is -2.31. The normalized spacial score (nSPS) is 21.6. The van der Waals surface area contributed by atoms with Gasteiger partial charge in [0.25, 0.3) is 0 Å². The van der Waals surface area contributed by atoms with Gasteiger partial charge in [-0.25, -0.2) is 0 Å². The van der Waals surface area contributed by atoms with Crippen molar-refractivity contribution in [3.05, 3.63) is 33.8 Å². The Hall–Kier alpha value is -0.770. The molecule has 0 aromatic heterocycles. The molecule has 0 aliphatic carbocycles. The van der Waals surface area contributed by atoms with Crippen LogP contribution in [0, 0.1) is 0 Å². The molecule has 2 rings (SSSR count). The van der Waals surface area contributed by atoms with Crippen LogP contribution >= 0.6 is 23.2 Å². The molecule has 1 fully saturated rings. The highest BCUT2D eigenvalue weighted by molar-refractivity contribution is 6.42. The molecule has 0 bridgehead atoms. The van der Waals surface area contributed by atoms with Gasteiger partial charge in [0.15, 0.2) is 0 Å². The molecule has 98 valence electrons. The van der Waals surface area contributed by atoms with Crippen molar-refractivity contribution >= 4 is 29.2 Å². The molecule has 1 aromatic rings. The SMILES string of the molecule is O=C(O)[C@H](c1ccc(Cl)c(Cl)c1)[C@@H]1CCCCO1. The van der Waals surface area contributed by atoms with Crippen molar-refractivity contribution < 1.29 is 14.6 Å². The van der Waals surface area contributed by atoms with Gasteiger partial charge in [-0.05, 0) is 37.0 Å². The van der Waals surface area contributed by atoms with E-state index in [9.17, 15) is 9.90 Å². The molecule has 1 saturated heterocycles. The fraction of sp³-hybridized carbons (Fsp3) is 0.462. The maximum atomic E-state index is 11.4. The van der Waals surface area contributed by atoms with Crippen LogP contribution in [-0.2, 0) is 9.53 Å². The molecule has 0 spiro atoms. The molecule has 3 nitrogen and oxygen atoms in total. The summed E-state index contributed by atoms with van der Waals surface area (Å²) >= 11 is 11.8. The highest BCUT2D eigenvalue weighted by Crippen LogP contribution is 2.32.